The van der Waals surface area contributed by atoms with Crippen LogP contribution in [0.1, 0.15) is 33.6 Å². The minimum atomic E-state index is -0.616. The zero-order valence-electron chi connectivity index (χ0n) is 6.48. The van der Waals surface area contributed by atoms with Gasteiger partial charge in [-0.05, 0) is 19.8 Å². The topological polar surface area (TPSA) is 31.9 Å². The molecule has 55 valence electrons. The van der Waals surface area contributed by atoms with E-state index in [0.29, 0.717) is 6.04 Å². The maximum absolute atomic E-state index is 10.5. The maximum Gasteiger partial charge on any atom is 0.141 e. The Morgan fingerprint density at radius 3 is 1.89 bits per heavy atom. The normalized spacial score (nSPS) is 14.3. The Morgan fingerprint density at radius 2 is 1.78 bits per heavy atom. The van der Waals surface area contributed by atoms with Crippen molar-refractivity contribution in [2.75, 3.05) is 0 Å². The summed E-state index contributed by atoms with van der Waals surface area (Å²) in [5.41, 5.74) is 0. The van der Waals surface area contributed by atoms with Crippen LogP contribution in [0.2, 0.25) is 0 Å². The number of hydrogen-bond acceptors (Lipinski definition) is 1. The fraction of sp³-hybridized carbons (Fsp3) is 1.00. The summed E-state index contributed by atoms with van der Waals surface area (Å²) in [5, 5.41) is 13.5. The fourth-order valence-electron chi connectivity index (χ4n) is 0.856. The standard InChI is InChI=1S/C7H16NO/c1-4-7(5-2)8-6(3)9/h6-8H,4-5H2,1-3H3. The molecule has 0 saturated carbocycles. The van der Waals surface area contributed by atoms with Crippen molar-refractivity contribution in [3.8, 4) is 0 Å². The van der Waals surface area contributed by atoms with Gasteiger partial charge in [0.1, 0.15) is 6.23 Å². The third kappa shape index (κ3) is 4.43. The van der Waals surface area contributed by atoms with Crippen molar-refractivity contribution in [3.05, 3.63) is 0 Å². The van der Waals surface area contributed by atoms with Crippen molar-refractivity contribution in [3.63, 3.8) is 0 Å². The predicted molar refractivity (Wildman–Crippen MR) is 37.7 cm³/mol. The molecule has 0 spiro atoms. The molecule has 9 heavy (non-hydrogen) atoms. The maximum atomic E-state index is 10.5. The van der Waals surface area contributed by atoms with Crippen molar-refractivity contribution in [2.24, 2.45) is 0 Å². The Hall–Kier alpha value is -0.0800. The highest BCUT2D eigenvalue weighted by molar-refractivity contribution is 4.61. The molecule has 0 aromatic carbocycles. The van der Waals surface area contributed by atoms with E-state index in [4.69, 9.17) is 0 Å². The lowest BCUT2D eigenvalue weighted by atomic mass is 10.2. The molecule has 0 aliphatic rings. The van der Waals surface area contributed by atoms with Gasteiger partial charge >= 0.3 is 0 Å². The first kappa shape index (κ1) is 8.92. The van der Waals surface area contributed by atoms with Gasteiger partial charge in [-0.15, -0.1) is 0 Å². The Labute approximate surface area is 57.3 Å². The third-order valence-electron chi connectivity index (χ3n) is 1.46. The summed E-state index contributed by atoms with van der Waals surface area (Å²) in [5.74, 6) is 0. The van der Waals surface area contributed by atoms with Crippen molar-refractivity contribution in [1.29, 1.82) is 0 Å². The first-order valence-corrected chi connectivity index (χ1v) is 3.62. The molecule has 0 aliphatic heterocycles. The van der Waals surface area contributed by atoms with E-state index in [1.165, 1.54) is 0 Å². The summed E-state index contributed by atoms with van der Waals surface area (Å²) >= 11 is 0. The van der Waals surface area contributed by atoms with Crippen LogP contribution >= 0.6 is 0 Å². The highest BCUT2D eigenvalue weighted by Gasteiger charge is 2.04. The molecule has 0 bridgehead atoms. The molecule has 0 aromatic rings. The third-order valence-corrected chi connectivity index (χ3v) is 1.46. The Morgan fingerprint density at radius 1 is 1.33 bits per heavy atom. The predicted octanol–water partition coefficient (Wildman–Crippen LogP) is 1.54. The molecule has 0 rings (SSSR count). The Kier molecular flexibility index (Phi) is 4.72. The van der Waals surface area contributed by atoms with Gasteiger partial charge in [-0.25, -0.2) is 5.11 Å². The highest BCUT2D eigenvalue weighted by atomic mass is 16.3. The molecule has 0 saturated heterocycles. The molecule has 0 amide bonds. The van der Waals surface area contributed by atoms with Gasteiger partial charge in [0, 0.05) is 6.04 Å². The highest BCUT2D eigenvalue weighted by Crippen LogP contribution is 1.96. The fourth-order valence-corrected chi connectivity index (χ4v) is 0.856. The molecule has 0 aromatic heterocycles. The van der Waals surface area contributed by atoms with Crippen LogP contribution in [0.3, 0.4) is 0 Å². The van der Waals surface area contributed by atoms with Crippen LogP contribution in [0.15, 0.2) is 0 Å². The van der Waals surface area contributed by atoms with E-state index in [1.807, 2.05) is 0 Å². The first-order valence-electron chi connectivity index (χ1n) is 3.62. The summed E-state index contributed by atoms with van der Waals surface area (Å²) in [6.07, 6.45) is 1.47. The van der Waals surface area contributed by atoms with E-state index in [1.54, 1.807) is 6.92 Å². The van der Waals surface area contributed by atoms with Gasteiger partial charge < -0.3 is 0 Å². The van der Waals surface area contributed by atoms with Crippen molar-refractivity contribution in [2.45, 2.75) is 45.9 Å². The van der Waals surface area contributed by atoms with Crippen LogP contribution in [0, 0.1) is 0 Å². The monoisotopic (exact) mass is 130 g/mol. The average molecular weight is 130 g/mol. The quantitative estimate of drug-likeness (QED) is 0.575. The molecule has 0 heterocycles. The molecule has 0 fully saturated rings. The van der Waals surface area contributed by atoms with Crippen LogP contribution in [-0.4, -0.2) is 12.3 Å². The average Bonchev–Trinajstić information content (AvgIpc) is 1.82. The molecule has 0 aliphatic carbocycles. The van der Waals surface area contributed by atoms with E-state index in [2.05, 4.69) is 19.2 Å². The van der Waals surface area contributed by atoms with Gasteiger partial charge in [0.15, 0.2) is 0 Å². The second-order valence-corrected chi connectivity index (χ2v) is 2.32. The zero-order valence-corrected chi connectivity index (χ0v) is 6.48. The summed E-state index contributed by atoms with van der Waals surface area (Å²) in [7, 11) is 0. The molecular formula is C7H16NO. The summed E-state index contributed by atoms with van der Waals surface area (Å²) in [4.78, 5) is 0. The van der Waals surface area contributed by atoms with Gasteiger partial charge in [0.05, 0.1) is 0 Å². The van der Waals surface area contributed by atoms with Crippen molar-refractivity contribution >= 4 is 0 Å². The SMILES string of the molecule is CCC(CC)NC(C)[O]. The Balaban J connectivity index is 3.31. The smallest absolute Gasteiger partial charge is 0.141 e. The Bertz CT molecular complexity index is 59.9. The molecule has 1 N–H and O–H groups in total. The van der Waals surface area contributed by atoms with Crippen LogP contribution < -0.4 is 5.32 Å². The van der Waals surface area contributed by atoms with Gasteiger partial charge in [-0.2, -0.15) is 0 Å². The molecule has 1 atom stereocenters. The molecule has 2 nitrogen and oxygen atoms in total. The lowest BCUT2D eigenvalue weighted by molar-refractivity contribution is 0.0627. The second kappa shape index (κ2) is 4.77. The summed E-state index contributed by atoms with van der Waals surface area (Å²) < 4.78 is 0. The largest absolute Gasteiger partial charge is 0.287 e. The van der Waals surface area contributed by atoms with Crippen LogP contribution in [0.4, 0.5) is 0 Å². The number of hydrogen-bond donors (Lipinski definition) is 1. The zero-order chi connectivity index (χ0) is 7.28. The molecular weight excluding hydrogens is 114 g/mol. The molecule has 1 unspecified atom stereocenters. The minimum Gasteiger partial charge on any atom is -0.287 e. The van der Waals surface area contributed by atoms with E-state index < -0.39 is 6.23 Å². The summed E-state index contributed by atoms with van der Waals surface area (Å²) in [6.45, 7) is 5.81. The minimum absolute atomic E-state index is 0.414. The lowest BCUT2D eigenvalue weighted by Gasteiger charge is -2.14. The van der Waals surface area contributed by atoms with E-state index in [-0.39, 0.29) is 0 Å². The van der Waals surface area contributed by atoms with Crippen molar-refractivity contribution < 1.29 is 5.11 Å². The van der Waals surface area contributed by atoms with E-state index in [0.717, 1.165) is 12.8 Å². The lowest BCUT2D eigenvalue weighted by Crippen LogP contribution is -2.34. The van der Waals surface area contributed by atoms with E-state index >= 15 is 0 Å². The number of rotatable bonds is 4. The first-order chi connectivity index (χ1) is 4.20. The van der Waals surface area contributed by atoms with Crippen LogP contribution in [0.25, 0.3) is 0 Å². The number of nitrogens with one attached hydrogen (secondary N) is 1. The van der Waals surface area contributed by atoms with Crippen LogP contribution in [-0.2, 0) is 5.11 Å². The van der Waals surface area contributed by atoms with Crippen molar-refractivity contribution in [1.82, 2.24) is 5.32 Å². The molecule has 1 radical (unpaired) electrons. The van der Waals surface area contributed by atoms with E-state index in [9.17, 15) is 5.11 Å². The summed E-state index contributed by atoms with van der Waals surface area (Å²) in [6, 6.07) is 0.414. The van der Waals surface area contributed by atoms with Crippen LogP contribution in [0.5, 0.6) is 0 Å². The second-order valence-electron chi connectivity index (χ2n) is 2.32. The van der Waals surface area contributed by atoms with Gasteiger partial charge in [-0.1, -0.05) is 13.8 Å². The molecule has 2 heteroatoms. The van der Waals surface area contributed by atoms with Gasteiger partial charge in [0.2, 0.25) is 0 Å². The van der Waals surface area contributed by atoms with Gasteiger partial charge in [-0.3, -0.25) is 5.32 Å². The van der Waals surface area contributed by atoms with Gasteiger partial charge in [0.25, 0.3) is 0 Å².